The molecule has 1 aromatic rings. The summed E-state index contributed by atoms with van der Waals surface area (Å²) in [6, 6.07) is 5.39. The first-order valence-electron chi connectivity index (χ1n) is 5.75. The van der Waals surface area contributed by atoms with Gasteiger partial charge in [0.2, 0.25) is 5.91 Å². The van der Waals surface area contributed by atoms with Gasteiger partial charge in [0.05, 0.1) is 12.8 Å². The highest BCUT2D eigenvalue weighted by Gasteiger charge is 2.02. The summed E-state index contributed by atoms with van der Waals surface area (Å²) in [5.74, 6) is 0.661. The van der Waals surface area contributed by atoms with Crippen molar-refractivity contribution in [2.24, 2.45) is 0 Å². The van der Waals surface area contributed by atoms with Crippen LogP contribution in [0.3, 0.4) is 0 Å². The molecule has 9 nitrogen and oxygen atoms in total. The van der Waals surface area contributed by atoms with Gasteiger partial charge in [-0.05, 0) is 12.1 Å². The first kappa shape index (κ1) is 19.0. The molecule has 0 aliphatic carbocycles. The molecule has 0 aliphatic rings. The number of hydrogen-bond acceptors (Lipinski definition) is 6. The zero-order valence-electron chi connectivity index (χ0n) is 11.7. The summed E-state index contributed by atoms with van der Waals surface area (Å²) in [6.45, 7) is 2.70. The molecule has 0 bridgehead atoms. The van der Waals surface area contributed by atoms with Gasteiger partial charge in [-0.25, -0.2) is 0 Å². The van der Waals surface area contributed by atoms with Crippen LogP contribution in [0.1, 0.15) is 6.92 Å². The number of rotatable bonds is 5. The molecule has 0 radical (unpaired) electrons. The van der Waals surface area contributed by atoms with E-state index in [2.05, 4.69) is 10.6 Å². The standard InChI is InChI=1S/C11H17N3O2.H2O4S/c1-8(15)13-5-6-14-10-4-3-9(12)7-11(10)16-2;1-5(2,3)4/h3-4,7,14H,5-6,12H2,1-2H3,(H,13,15);(H2,1,2,3,4). The Morgan fingerprint density at radius 2 is 1.90 bits per heavy atom. The topological polar surface area (TPSA) is 151 Å². The monoisotopic (exact) mass is 321 g/mol. The van der Waals surface area contributed by atoms with E-state index in [-0.39, 0.29) is 5.91 Å². The third-order valence-corrected chi connectivity index (χ3v) is 2.04. The Labute approximate surface area is 123 Å². The van der Waals surface area contributed by atoms with Crippen molar-refractivity contribution in [3.8, 4) is 5.75 Å². The van der Waals surface area contributed by atoms with Gasteiger partial charge in [0, 0.05) is 31.8 Å². The number of carbonyl (C=O) groups excluding carboxylic acids is 1. The van der Waals surface area contributed by atoms with Gasteiger partial charge in [-0.3, -0.25) is 13.9 Å². The van der Waals surface area contributed by atoms with E-state index in [0.717, 1.165) is 5.69 Å². The van der Waals surface area contributed by atoms with Crippen LogP contribution in [-0.4, -0.2) is 43.6 Å². The Kier molecular flexibility index (Phi) is 8.12. The molecule has 0 aliphatic heterocycles. The van der Waals surface area contributed by atoms with Crippen molar-refractivity contribution in [2.45, 2.75) is 6.92 Å². The molecule has 0 heterocycles. The number of nitrogen functional groups attached to an aromatic ring is 1. The number of amides is 1. The zero-order valence-corrected chi connectivity index (χ0v) is 12.5. The number of carbonyl (C=O) groups is 1. The molecular formula is C11H19N3O6S. The van der Waals surface area contributed by atoms with Crippen molar-refractivity contribution in [3.63, 3.8) is 0 Å². The van der Waals surface area contributed by atoms with Crippen LogP contribution in [0, 0.1) is 0 Å². The smallest absolute Gasteiger partial charge is 0.394 e. The van der Waals surface area contributed by atoms with Crippen molar-refractivity contribution in [1.82, 2.24) is 5.32 Å². The van der Waals surface area contributed by atoms with Crippen molar-refractivity contribution in [1.29, 1.82) is 0 Å². The zero-order chi connectivity index (χ0) is 16.5. The fourth-order valence-electron chi connectivity index (χ4n) is 1.29. The van der Waals surface area contributed by atoms with Crippen LogP contribution in [0.4, 0.5) is 11.4 Å². The molecular weight excluding hydrogens is 302 g/mol. The minimum atomic E-state index is -4.67. The summed E-state index contributed by atoms with van der Waals surface area (Å²) in [4.78, 5) is 10.6. The molecule has 0 spiro atoms. The highest BCUT2D eigenvalue weighted by Crippen LogP contribution is 2.26. The number of methoxy groups -OCH3 is 1. The molecule has 0 fully saturated rings. The van der Waals surface area contributed by atoms with Gasteiger partial charge in [0.25, 0.3) is 0 Å². The predicted molar refractivity (Wildman–Crippen MR) is 78.8 cm³/mol. The largest absolute Gasteiger partial charge is 0.495 e. The predicted octanol–water partition coefficient (Wildman–Crippen LogP) is 0.173. The van der Waals surface area contributed by atoms with Gasteiger partial charge < -0.3 is 21.1 Å². The van der Waals surface area contributed by atoms with Crippen molar-refractivity contribution >= 4 is 27.7 Å². The summed E-state index contributed by atoms with van der Waals surface area (Å²) in [7, 11) is -3.08. The molecule has 0 aromatic heterocycles. The van der Waals surface area contributed by atoms with E-state index in [1.807, 2.05) is 6.07 Å². The van der Waals surface area contributed by atoms with E-state index in [1.54, 1.807) is 19.2 Å². The number of nitrogens with one attached hydrogen (secondary N) is 2. The number of hydrogen-bond donors (Lipinski definition) is 5. The lowest BCUT2D eigenvalue weighted by Gasteiger charge is -2.11. The Bertz CT molecular complexity index is 553. The van der Waals surface area contributed by atoms with Crippen LogP contribution < -0.4 is 21.1 Å². The van der Waals surface area contributed by atoms with Crippen LogP contribution in [0.15, 0.2) is 18.2 Å². The van der Waals surface area contributed by atoms with Gasteiger partial charge >= 0.3 is 10.4 Å². The van der Waals surface area contributed by atoms with Crippen LogP contribution >= 0.6 is 0 Å². The van der Waals surface area contributed by atoms with E-state index < -0.39 is 10.4 Å². The van der Waals surface area contributed by atoms with Crippen LogP contribution in [0.25, 0.3) is 0 Å². The van der Waals surface area contributed by atoms with Crippen LogP contribution in [-0.2, 0) is 15.2 Å². The molecule has 1 rings (SSSR count). The SMILES string of the molecule is COc1cc(N)ccc1NCCNC(C)=O.O=S(=O)(O)O. The fourth-order valence-corrected chi connectivity index (χ4v) is 1.29. The summed E-state index contributed by atoms with van der Waals surface area (Å²) >= 11 is 0. The van der Waals surface area contributed by atoms with Gasteiger partial charge in [0.1, 0.15) is 5.75 Å². The fraction of sp³-hybridized carbons (Fsp3) is 0.364. The van der Waals surface area contributed by atoms with Gasteiger partial charge in [-0.1, -0.05) is 0 Å². The molecule has 120 valence electrons. The van der Waals surface area contributed by atoms with Crippen molar-refractivity contribution in [2.75, 3.05) is 31.2 Å². The van der Waals surface area contributed by atoms with Crippen LogP contribution in [0.2, 0.25) is 0 Å². The number of ether oxygens (including phenoxy) is 1. The second-order valence-corrected chi connectivity index (χ2v) is 4.71. The van der Waals surface area contributed by atoms with Crippen molar-refractivity contribution in [3.05, 3.63) is 18.2 Å². The average Bonchev–Trinajstić information content (AvgIpc) is 2.33. The molecule has 0 saturated carbocycles. The molecule has 10 heteroatoms. The summed E-state index contributed by atoms with van der Waals surface area (Å²) in [5, 5.41) is 5.85. The van der Waals surface area contributed by atoms with E-state index in [4.69, 9.17) is 28.0 Å². The number of nitrogens with two attached hydrogens (primary N) is 1. The lowest BCUT2D eigenvalue weighted by molar-refractivity contribution is -0.118. The Morgan fingerprint density at radius 1 is 1.33 bits per heavy atom. The Hall–Kier alpha value is -2.04. The summed E-state index contributed by atoms with van der Waals surface area (Å²) in [5.41, 5.74) is 7.15. The third kappa shape index (κ3) is 11.5. The number of anilines is 2. The molecule has 0 unspecified atom stereocenters. The maximum atomic E-state index is 10.6. The maximum Gasteiger partial charge on any atom is 0.394 e. The molecule has 1 amide bonds. The van der Waals surface area contributed by atoms with Crippen LogP contribution in [0.5, 0.6) is 5.75 Å². The minimum Gasteiger partial charge on any atom is -0.495 e. The lowest BCUT2D eigenvalue weighted by atomic mass is 10.2. The molecule has 6 N–H and O–H groups in total. The first-order chi connectivity index (χ1) is 9.63. The molecule has 0 saturated heterocycles. The average molecular weight is 321 g/mol. The Morgan fingerprint density at radius 3 is 2.38 bits per heavy atom. The van der Waals surface area contributed by atoms with Crippen molar-refractivity contribution < 1.29 is 27.1 Å². The lowest BCUT2D eigenvalue weighted by Crippen LogP contribution is -2.26. The Balaban J connectivity index is 0.000000690. The summed E-state index contributed by atoms with van der Waals surface area (Å²) in [6.07, 6.45) is 0. The minimum absolute atomic E-state index is 0.0360. The third-order valence-electron chi connectivity index (χ3n) is 2.04. The molecule has 1 aromatic carbocycles. The van der Waals surface area contributed by atoms with E-state index in [9.17, 15) is 4.79 Å². The second-order valence-electron chi connectivity index (χ2n) is 3.82. The molecule has 21 heavy (non-hydrogen) atoms. The van der Waals surface area contributed by atoms with E-state index in [0.29, 0.717) is 24.5 Å². The maximum absolute atomic E-state index is 10.6. The quantitative estimate of drug-likeness (QED) is 0.292. The second kappa shape index (κ2) is 9.00. The summed E-state index contributed by atoms with van der Waals surface area (Å²) < 4.78 is 36.8. The first-order valence-corrected chi connectivity index (χ1v) is 7.15. The number of benzene rings is 1. The molecule has 0 atom stereocenters. The van der Waals surface area contributed by atoms with E-state index in [1.165, 1.54) is 6.92 Å². The van der Waals surface area contributed by atoms with Gasteiger partial charge in [0.15, 0.2) is 0 Å². The highest BCUT2D eigenvalue weighted by molar-refractivity contribution is 7.79. The van der Waals surface area contributed by atoms with Gasteiger partial charge in [-0.2, -0.15) is 8.42 Å². The van der Waals surface area contributed by atoms with Gasteiger partial charge in [-0.15, -0.1) is 0 Å². The highest BCUT2D eigenvalue weighted by atomic mass is 32.3. The normalized spacial score (nSPS) is 10.1. The van der Waals surface area contributed by atoms with E-state index >= 15 is 0 Å².